The zero-order chi connectivity index (χ0) is 23.1. The van der Waals surface area contributed by atoms with Crippen molar-refractivity contribution in [3.05, 3.63) is 78.6 Å². The first-order valence-corrected chi connectivity index (χ1v) is 12.3. The topological polar surface area (TPSA) is 76.5 Å². The molecule has 0 atom stereocenters. The van der Waals surface area contributed by atoms with E-state index in [0.717, 1.165) is 31.8 Å². The molecule has 1 aromatic heterocycles. The van der Waals surface area contributed by atoms with E-state index in [1.165, 1.54) is 11.8 Å². The molecule has 0 unspecified atom stereocenters. The minimum absolute atomic E-state index is 0.180. The van der Waals surface area contributed by atoms with Crippen LogP contribution in [-0.4, -0.2) is 27.8 Å². The second-order valence-corrected chi connectivity index (χ2v) is 9.66. The molecule has 1 heterocycles. The predicted molar refractivity (Wildman–Crippen MR) is 138 cm³/mol. The van der Waals surface area contributed by atoms with Gasteiger partial charge in [-0.15, -0.1) is 0 Å². The summed E-state index contributed by atoms with van der Waals surface area (Å²) in [5, 5.41) is 5.61. The van der Waals surface area contributed by atoms with E-state index >= 15 is 0 Å². The number of aryl methyl sites for hydroxylation is 2. The van der Waals surface area contributed by atoms with Crippen LogP contribution < -0.4 is 10.2 Å². The Labute approximate surface area is 214 Å². The summed E-state index contributed by atoms with van der Waals surface area (Å²) in [5.74, 6) is 0.687. The van der Waals surface area contributed by atoms with Crippen molar-refractivity contribution in [2.45, 2.75) is 25.6 Å². The van der Waals surface area contributed by atoms with Gasteiger partial charge in [0.25, 0.3) is 5.91 Å². The Morgan fingerprint density at radius 3 is 2.56 bits per heavy atom. The van der Waals surface area contributed by atoms with Crippen LogP contribution in [0, 0.1) is 17.4 Å². The summed E-state index contributed by atoms with van der Waals surface area (Å²) in [6.07, 6.45) is 1.58. The van der Waals surface area contributed by atoms with Crippen molar-refractivity contribution in [3.63, 3.8) is 0 Å². The fourth-order valence-electron chi connectivity index (χ4n) is 2.60. The summed E-state index contributed by atoms with van der Waals surface area (Å²) in [7, 11) is 0. The van der Waals surface area contributed by atoms with Crippen LogP contribution in [0.15, 0.2) is 52.7 Å². The first kappa shape index (κ1) is 24.8. The smallest absolute Gasteiger partial charge is 0.250 e. The van der Waals surface area contributed by atoms with Crippen LogP contribution >= 0.6 is 57.6 Å². The molecule has 0 saturated carbocycles. The van der Waals surface area contributed by atoms with Gasteiger partial charge >= 0.3 is 0 Å². The molecular weight excluding hydrogens is 582 g/mol. The maximum Gasteiger partial charge on any atom is 0.250 e. The van der Waals surface area contributed by atoms with Crippen molar-refractivity contribution in [2.24, 2.45) is 5.10 Å². The number of amides is 1. The van der Waals surface area contributed by atoms with Gasteiger partial charge in [-0.1, -0.05) is 41.0 Å². The Balaban J connectivity index is 1.49. The standard InChI is InChI=1S/C22H19Cl2IN4O2S/c1-13-7-14(2)28-22(27-13)32-12-21(30)29-26-10-15-4-6-20(19(25)9-15)31-11-16-3-5-17(23)18(24)8-16/h3-10H,11-12H2,1-2H3,(H,29,30)/b26-10-. The largest absolute Gasteiger partial charge is 0.488 e. The van der Waals surface area contributed by atoms with Crippen LogP contribution in [-0.2, 0) is 11.4 Å². The summed E-state index contributed by atoms with van der Waals surface area (Å²) in [6, 6.07) is 12.9. The van der Waals surface area contributed by atoms with E-state index in [9.17, 15) is 4.79 Å². The van der Waals surface area contributed by atoms with E-state index in [1.54, 1.807) is 18.3 Å². The number of hydrazone groups is 1. The van der Waals surface area contributed by atoms with E-state index in [1.807, 2.05) is 44.2 Å². The molecule has 32 heavy (non-hydrogen) atoms. The lowest BCUT2D eigenvalue weighted by Crippen LogP contribution is -2.19. The van der Waals surface area contributed by atoms with Crippen molar-refractivity contribution in [3.8, 4) is 5.75 Å². The number of halogens is 3. The van der Waals surface area contributed by atoms with Gasteiger partial charge in [0.1, 0.15) is 12.4 Å². The average molecular weight is 601 g/mol. The van der Waals surface area contributed by atoms with Crippen molar-refractivity contribution in [1.29, 1.82) is 0 Å². The van der Waals surface area contributed by atoms with Crippen LogP contribution in [0.25, 0.3) is 0 Å². The van der Waals surface area contributed by atoms with Gasteiger partial charge < -0.3 is 4.74 Å². The second-order valence-electron chi connectivity index (χ2n) is 6.74. The molecule has 10 heteroatoms. The molecule has 3 aromatic rings. The van der Waals surface area contributed by atoms with Gasteiger partial charge in [0, 0.05) is 11.4 Å². The molecule has 166 valence electrons. The highest BCUT2D eigenvalue weighted by molar-refractivity contribution is 14.1. The fraction of sp³-hybridized carbons (Fsp3) is 0.182. The Morgan fingerprint density at radius 1 is 1.12 bits per heavy atom. The SMILES string of the molecule is Cc1cc(C)nc(SCC(=O)N/N=C\c2ccc(OCc3ccc(Cl)c(Cl)c3)c(I)c2)n1. The van der Waals surface area contributed by atoms with E-state index in [-0.39, 0.29) is 11.7 Å². The van der Waals surface area contributed by atoms with Gasteiger partial charge in [-0.25, -0.2) is 15.4 Å². The predicted octanol–water partition coefficient (Wildman–Crippen LogP) is 5.83. The summed E-state index contributed by atoms with van der Waals surface area (Å²) in [6.45, 7) is 4.17. The molecular formula is C22H19Cl2IN4O2S. The molecule has 2 aromatic carbocycles. The minimum atomic E-state index is -0.231. The minimum Gasteiger partial charge on any atom is -0.488 e. The summed E-state index contributed by atoms with van der Waals surface area (Å²) < 4.78 is 6.79. The number of thioether (sulfide) groups is 1. The van der Waals surface area contributed by atoms with Crippen molar-refractivity contribution < 1.29 is 9.53 Å². The first-order valence-electron chi connectivity index (χ1n) is 9.43. The molecule has 1 amide bonds. The number of rotatable bonds is 8. The Hall–Kier alpha value is -1.88. The summed E-state index contributed by atoms with van der Waals surface area (Å²) in [4.78, 5) is 20.6. The van der Waals surface area contributed by atoms with Gasteiger partial charge in [-0.3, -0.25) is 4.79 Å². The number of nitrogens with one attached hydrogen (secondary N) is 1. The van der Waals surface area contributed by atoms with Crippen LogP contribution in [0.4, 0.5) is 0 Å². The van der Waals surface area contributed by atoms with Gasteiger partial charge in [0.15, 0.2) is 5.16 Å². The Kier molecular flexibility index (Phi) is 9.15. The Morgan fingerprint density at radius 2 is 1.88 bits per heavy atom. The molecule has 0 aliphatic carbocycles. The fourth-order valence-corrected chi connectivity index (χ4v) is 4.36. The molecule has 1 N–H and O–H groups in total. The molecule has 3 rings (SSSR count). The zero-order valence-electron chi connectivity index (χ0n) is 17.2. The number of hydrogen-bond donors (Lipinski definition) is 1. The lowest BCUT2D eigenvalue weighted by atomic mass is 10.2. The van der Waals surface area contributed by atoms with E-state index in [2.05, 4.69) is 43.1 Å². The normalized spacial score (nSPS) is 11.0. The molecule has 0 aliphatic heterocycles. The number of carbonyl (C=O) groups excluding carboxylic acids is 1. The van der Waals surface area contributed by atoms with E-state index in [4.69, 9.17) is 27.9 Å². The maximum atomic E-state index is 12.0. The molecule has 0 aliphatic rings. The van der Waals surface area contributed by atoms with Gasteiger partial charge in [0.05, 0.1) is 25.6 Å². The Bertz CT molecular complexity index is 1140. The number of benzene rings is 2. The van der Waals surface area contributed by atoms with Crippen LogP contribution in [0.1, 0.15) is 22.5 Å². The summed E-state index contributed by atoms with van der Waals surface area (Å²) in [5.41, 5.74) is 6.02. The number of aromatic nitrogens is 2. The number of nitrogens with zero attached hydrogens (tertiary/aromatic N) is 3. The second kappa shape index (κ2) is 11.8. The number of ether oxygens (including phenoxy) is 1. The highest BCUT2D eigenvalue weighted by Crippen LogP contribution is 2.25. The van der Waals surface area contributed by atoms with Crippen LogP contribution in [0.3, 0.4) is 0 Å². The molecule has 0 spiro atoms. The average Bonchev–Trinajstić information content (AvgIpc) is 2.73. The lowest BCUT2D eigenvalue weighted by molar-refractivity contribution is -0.118. The number of hydrogen-bond acceptors (Lipinski definition) is 6. The molecule has 6 nitrogen and oxygen atoms in total. The molecule has 0 fully saturated rings. The maximum absolute atomic E-state index is 12.0. The van der Waals surface area contributed by atoms with Gasteiger partial charge in [-0.2, -0.15) is 5.10 Å². The molecule has 0 bridgehead atoms. The van der Waals surface area contributed by atoms with Crippen LogP contribution in [0.2, 0.25) is 10.0 Å². The number of carbonyl (C=O) groups is 1. The molecule has 0 radical (unpaired) electrons. The highest BCUT2D eigenvalue weighted by atomic mass is 127. The molecule has 0 saturated heterocycles. The van der Waals surface area contributed by atoms with Crippen LogP contribution in [0.5, 0.6) is 5.75 Å². The summed E-state index contributed by atoms with van der Waals surface area (Å²) >= 11 is 15.4. The zero-order valence-corrected chi connectivity index (χ0v) is 21.7. The van der Waals surface area contributed by atoms with Gasteiger partial charge in [-0.05, 0) is 84.0 Å². The van der Waals surface area contributed by atoms with Crippen molar-refractivity contribution in [1.82, 2.24) is 15.4 Å². The van der Waals surface area contributed by atoms with Crippen molar-refractivity contribution >= 4 is 69.7 Å². The van der Waals surface area contributed by atoms with E-state index in [0.29, 0.717) is 21.8 Å². The quantitative estimate of drug-likeness (QED) is 0.116. The first-order chi connectivity index (χ1) is 15.3. The highest BCUT2D eigenvalue weighted by Gasteiger charge is 2.07. The lowest BCUT2D eigenvalue weighted by Gasteiger charge is -2.09. The third-order valence-electron chi connectivity index (χ3n) is 4.03. The monoisotopic (exact) mass is 600 g/mol. The van der Waals surface area contributed by atoms with E-state index < -0.39 is 0 Å². The van der Waals surface area contributed by atoms with Gasteiger partial charge in [0.2, 0.25) is 0 Å². The third-order valence-corrected chi connectivity index (χ3v) is 6.46. The third kappa shape index (κ3) is 7.61. The van der Waals surface area contributed by atoms with Crippen molar-refractivity contribution in [2.75, 3.05) is 5.75 Å².